The summed E-state index contributed by atoms with van der Waals surface area (Å²) in [7, 11) is 0. The maximum Gasteiger partial charge on any atom is 0.148 e. The molecule has 0 radical (unpaired) electrons. The molecule has 1 heterocycles. The Morgan fingerprint density at radius 1 is 1.23 bits per heavy atom. The molecule has 1 aliphatic heterocycles. The van der Waals surface area contributed by atoms with Gasteiger partial charge in [-0.2, -0.15) is 0 Å². The van der Waals surface area contributed by atoms with Crippen molar-refractivity contribution in [2.24, 2.45) is 5.92 Å². The summed E-state index contributed by atoms with van der Waals surface area (Å²) in [5.74, 6) is -0.0331. The summed E-state index contributed by atoms with van der Waals surface area (Å²) in [5.41, 5.74) is 0.562. The van der Waals surface area contributed by atoms with Gasteiger partial charge in [0.2, 0.25) is 0 Å². The van der Waals surface area contributed by atoms with Crippen LogP contribution in [0, 0.1) is 11.7 Å². The largest absolute Gasteiger partial charge is 0.314 e. The highest BCUT2D eigenvalue weighted by Gasteiger charge is 2.31. The van der Waals surface area contributed by atoms with E-state index in [1.165, 1.54) is 6.07 Å². The molecule has 1 N–H and O–H groups in total. The maximum atomic E-state index is 14.6. The van der Waals surface area contributed by atoms with Crippen LogP contribution in [0.5, 0.6) is 0 Å². The number of piperazine rings is 1. The van der Waals surface area contributed by atoms with Crippen LogP contribution in [0.2, 0.25) is 10.0 Å². The Balaban J connectivity index is 0.00000242. The molecule has 1 aromatic rings. The van der Waals surface area contributed by atoms with E-state index in [1.54, 1.807) is 6.07 Å². The molecule has 126 valence electrons. The lowest BCUT2D eigenvalue weighted by Gasteiger charge is -2.39. The number of rotatable bonds is 5. The number of hydrogen-bond acceptors (Lipinski definition) is 2. The standard InChI is InChI=1S/C16H23Cl2FN2.ClH/c1-3-4-11(2)16(21-9-7-20-8-10-21)14-12(17)5-6-13(18)15(14)19;/h5-6,11,16,20H,3-4,7-10H2,1-2H3;1H/t11?,16-;/m0./s1. The van der Waals surface area contributed by atoms with Gasteiger partial charge in [0.05, 0.1) is 5.02 Å². The first kappa shape index (κ1) is 20.0. The Morgan fingerprint density at radius 3 is 2.41 bits per heavy atom. The van der Waals surface area contributed by atoms with Gasteiger partial charge in [-0.25, -0.2) is 4.39 Å². The topological polar surface area (TPSA) is 15.3 Å². The molecule has 2 rings (SSSR count). The molecule has 1 unspecified atom stereocenters. The summed E-state index contributed by atoms with van der Waals surface area (Å²) in [6, 6.07) is 3.22. The third-order valence-electron chi connectivity index (χ3n) is 4.20. The first-order valence-electron chi connectivity index (χ1n) is 7.64. The number of benzene rings is 1. The average molecular weight is 370 g/mol. The predicted octanol–water partition coefficient (Wildman–Crippen LogP) is 4.94. The van der Waals surface area contributed by atoms with Gasteiger partial charge in [0.25, 0.3) is 0 Å². The third kappa shape index (κ3) is 4.48. The molecule has 1 fully saturated rings. The smallest absolute Gasteiger partial charge is 0.148 e. The molecule has 0 saturated carbocycles. The highest BCUT2D eigenvalue weighted by atomic mass is 35.5. The molecule has 2 atom stereocenters. The summed E-state index contributed by atoms with van der Waals surface area (Å²) in [4.78, 5) is 2.33. The SMILES string of the molecule is CCCC(C)[C@@H](c1c(Cl)ccc(Cl)c1F)N1CCNCC1.Cl. The van der Waals surface area contributed by atoms with E-state index in [0.717, 1.165) is 39.0 Å². The molecule has 0 aliphatic carbocycles. The normalized spacial score (nSPS) is 18.6. The monoisotopic (exact) mass is 368 g/mol. The zero-order valence-corrected chi connectivity index (χ0v) is 15.4. The number of nitrogens with one attached hydrogen (secondary N) is 1. The zero-order valence-electron chi connectivity index (χ0n) is 13.0. The van der Waals surface area contributed by atoms with Crippen LogP contribution < -0.4 is 5.32 Å². The molecular formula is C16H24Cl3FN2. The van der Waals surface area contributed by atoms with Gasteiger partial charge in [-0.05, 0) is 24.5 Å². The predicted molar refractivity (Wildman–Crippen MR) is 94.9 cm³/mol. The van der Waals surface area contributed by atoms with Crippen LogP contribution >= 0.6 is 35.6 Å². The maximum absolute atomic E-state index is 14.6. The fourth-order valence-corrected chi connectivity index (χ4v) is 3.64. The van der Waals surface area contributed by atoms with Crippen LogP contribution in [0.1, 0.15) is 38.3 Å². The summed E-state index contributed by atoms with van der Waals surface area (Å²) in [6.45, 7) is 7.99. The number of nitrogens with zero attached hydrogens (tertiary/aromatic N) is 1. The van der Waals surface area contributed by atoms with Gasteiger partial charge in [0, 0.05) is 42.8 Å². The molecule has 2 nitrogen and oxygen atoms in total. The van der Waals surface area contributed by atoms with Crippen LogP contribution in [-0.4, -0.2) is 31.1 Å². The third-order valence-corrected chi connectivity index (χ3v) is 4.82. The summed E-state index contributed by atoms with van der Waals surface area (Å²) >= 11 is 12.3. The molecule has 1 saturated heterocycles. The minimum Gasteiger partial charge on any atom is -0.314 e. The second kappa shape index (κ2) is 9.29. The fraction of sp³-hybridized carbons (Fsp3) is 0.625. The Labute approximate surface area is 148 Å². The Morgan fingerprint density at radius 2 is 1.82 bits per heavy atom. The minimum absolute atomic E-state index is 0. The molecule has 1 aromatic carbocycles. The molecular weight excluding hydrogens is 346 g/mol. The average Bonchev–Trinajstić information content (AvgIpc) is 2.48. The highest BCUT2D eigenvalue weighted by Crippen LogP contribution is 2.39. The molecule has 0 spiro atoms. The van der Waals surface area contributed by atoms with Gasteiger partial charge in [0.1, 0.15) is 5.82 Å². The fourth-order valence-electron chi connectivity index (χ4n) is 3.21. The first-order valence-corrected chi connectivity index (χ1v) is 8.40. The van der Waals surface area contributed by atoms with Crippen LogP contribution in [0.3, 0.4) is 0 Å². The molecule has 6 heteroatoms. The van der Waals surface area contributed by atoms with Crippen molar-refractivity contribution in [1.29, 1.82) is 0 Å². The van der Waals surface area contributed by atoms with E-state index in [-0.39, 0.29) is 29.3 Å². The van der Waals surface area contributed by atoms with Crippen molar-refractivity contribution in [1.82, 2.24) is 10.2 Å². The van der Waals surface area contributed by atoms with Gasteiger partial charge in [-0.1, -0.05) is 43.5 Å². The second-order valence-electron chi connectivity index (χ2n) is 5.75. The van der Waals surface area contributed by atoms with Gasteiger partial charge in [-0.15, -0.1) is 12.4 Å². The van der Waals surface area contributed by atoms with Crippen molar-refractivity contribution >= 4 is 35.6 Å². The van der Waals surface area contributed by atoms with Crippen molar-refractivity contribution in [3.8, 4) is 0 Å². The van der Waals surface area contributed by atoms with E-state index < -0.39 is 0 Å². The lowest BCUT2D eigenvalue weighted by Crippen LogP contribution is -2.47. The zero-order chi connectivity index (χ0) is 15.4. The lowest BCUT2D eigenvalue weighted by molar-refractivity contribution is 0.123. The van der Waals surface area contributed by atoms with E-state index in [1.807, 2.05) is 0 Å². The van der Waals surface area contributed by atoms with E-state index in [2.05, 4.69) is 24.1 Å². The van der Waals surface area contributed by atoms with Crippen LogP contribution in [0.25, 0.3) is 0 Å². The molecule has 22 heavy (non-hydrogen) atoms. The van der Waals surface area contributed by atoms with E-state index in [4.69, 9.17) is 23.2 Å². The van der Waals surface area contributed by atoms with Gasteiger partial charge >= 0.3 is 0 Å². The van der Waals surface area contributed by atoms with Crippen LogP contribution in [-0.2, 0) is 0 Å². The van der Waals surface area contributed by atoms with Crippen molar-refractivity contribution in [3.63, 3.8) is 0 Å². The summed E-state index contributed by atoms with van der Waals surface area (Å²) in [6.07, 6.45) is 2.11. The molecule has 1 aliphatic rings. The Bertz CT molecular complexity index is 479. The lowest BCUT2D eigenvalue weighted by atomic mass is 9.88. The molecule has 0 aromatic heterocycles. The second-order valence-corrected chi connectivity index (χ2v) is 6.57. The van der Waals surface area contributed by atoms with Crippen molar-refractivity contribution in [2.75, 3.05) is 26.2 Å². The Kier molecular flexibility index (Phi) is 8.44. The first-order chi connectivity index (χ1) is 10.1. The van der Waals surface area contributed by atoms with Crippen LogP contribution in [0.4, 0.5) is 4.39 Å². The highest BCUT2D eigenvalue weighted by molar-refractivity contribution is 6.33. The van der Waals surface area contributed by atoms with Crippen molar-refractivity contribution < 1.29 is 4.39 Å². The van der Waals surface area contributed by atoms with E-state index in [9.17, 15) is 4.39 Å². The van der Waals surface area contributed by atoms with Crippen molar-refractivity contribution in [2.45, 2.75) is 32.7 Å². The summed E-state index contributed by atoms with van der Waals surface area (Å²) < 4.78 is 14.6. The summed E-state index contributed by atoms with van der Waals surface area (Å²) in [5, 5.41) is 3.96. The number of hydrogen-bond donors (Lipinski definition) is 1. The molecule has 0 bridgehead atoms. The van der Waals surface area contributed by atoms with Crippen LogP contribution in [0.15, 0.2) is 12.1 Å². The van der Waals surface area contributed by atoms with E-state index in [0.29, 0.717) is 16.5 Å². The van der Waals surface area contributed by atoms with Gasteiger partial charge in [-0.3, -0.25) is 4.90 Å². The van der Waals surface area contributed by atoms with E-state index >= 15 is 0 Å². The quantitative estimate of drug-likeness (QED) is 0.740. The minimum atomic E-state index is -0.365. The number of halogens is 4. The van der Waals surface area contributed by atoms with Gasteiger partial charge in [0.15, 0.2) is 0 Å². The van der Waals surface area contributed by atoms with Crippen molar-refractivity contribution in [3.05, 3.63) is 33.6 Å². The Hall–Kier alpha value is -0.0600. The van der Waals surface area contributed by atoms with Gasteiger partial charge < -0.3 is 5.32 Å². The molecule has 0 amide bonds.